The summed E-state index contributed by atoms with van der Waals surface area (Å²) in [6, 6.07) is 32.8. The van der Waals surface area contributed by atoms with Crippen LogP contribution in [-0.2, 0) is 48.1 Å². The van der Waals surface area contributed by atoms with Gasteiger partial charge >= 0.3 is 209 Å². The summed E-state index contributed by atoms with van der Waals surface area (Å²) in [6.45, 7) is 26.3. The van der Waals surface area contributed by atoms with Crippen molar-refractivity contribution in [1.29, 1.82) is 0 Å². The van der Waals surface area contributed by atoms with E-state index in [1.807, 2.05) is 12.3 Å². The Labute approximate surface area is 326 Å². The first-order valence-corrected chi connectivity index (χ1v) is 19.9. The van der Waals surface area contributed by atoms with Crippen LogP contribution in [0.2, 0.25) is 0 Å². The van der Waals surface area contributed by atoms with Gasteiger partial charge in [0.15, 0.2) is 0 Å². The fraction of sp³-hybridized carbons (Fsp3) is 0.362. The van der Waals surface area contributed by atoms with E-state index in [4.69, 9.17) is 9.72 Å². The number of rotatable bonds is 4. The van der Waals surface area contributed by atoms with E-state index in [9.17, 15) is 0 Å². The summed E-state index contributed by atoms with van der Waals surface area (Å²) in [5.74, 6) is 2.50. The predicted octanol–water partition coefficient (Wildman–Crippen LogP) is 12.2. The molecule has 0 bridgehead atoms. The predicted molar refractivity (Wildman–Crippen MR) is 215 cm³/mol. The number of nitrogens with zero attached hydrogens (tertiary/aromatic N) is 4. The Kier molecular flexibility index (Phi) is 7.86. The Morgan fingerprint density at radius 1 is 0.660 bits per heavy atom. The first-order valence-electron chi connectivity index (χ1n) is 18.8. The van der Waals surface area contributed by atoms with Gasteiger partial charge in [0.1, 0.15) is 0 Å². The molecule has 8 rings (SSSR count). The van der Waals surface area contributed by atoms with Crippen molar-refractivity contribution in [2.75, 3.05) is 4.90 Å². The molecule has 53 heavy (non-hydrogen) atoms. The maximum atomic E-state index is 6.78. The van der Waals surface area contributed by atoms with Crippen molar-refractivity contribution in [3.8, 4) is 17.2 Å². The Hall–Kier alpha value is -4.21. The Balaban J connectivity index is 1.30. The second-order valence-corrected chi connectivity index (χ2v) is 19.3. The standard InChI is InChI=1S/C47H52N4O.Pt/c1-43(2,3)30-24-25-48-40(26-30)51-38-23-22-35-41(46(8,9)47(10,11)45(35,6)7)42(38)44(4,5)34-21-20-33(28-39(34)51)52-32-17-15-16-31(27-32)50-29-49(12)36-18-13-14-19-37(36)50;/h13-28H,1-12H3;. The van der Waals surface area contributed by atoms with Crippen LogP contribution in [-0.4, -0.2) is 14.1 Å². The van der Waals surface area contributed by atoms with E-state index >= 15 is 0 Å². The van der Waals surface area contributed by atoms with Gasteiger partial charge in [-0.2, -0.15) is 0 Å². The molecular weight excluding hydrogens is 832 g/mol. The quantitative estimate of drug-likeness (QED) is 0.177. The van der Waals surface area contributed by atoms with Gasteiger partial charge in [0.2, 0.25) is 0 Å². The number of para-hydroxylation sites is 2. The maximum absolute atomic E-state index is 6.78. The van der Waals surface area contributed by atoms with Crippen molar-refractivity contribution < 1.29 is 24.1 Å². The van der Waals surface area contributed by atoms with Gasteiger partial charge in [-0.05, 0) is 44.4 Å². The van der Waals surface area contributed by atoms with Gasteiger partial charge in [0, 0.05) is 6.20 Å². The molecule has 0 atom stereocenters. The molecule has 3 heterocycles. The summed E-state index contributed by atoms with van der Waals surface area (Å²) in [5, 5.41) is 0. The number of fused-ring (bicyclic) bond motifs is 5. The van der Waals surface area contributed by atoms with Gasteiger partial charge in [0.25, 0.3) is 0 Å². The number of hydrogen-bond acceptors (Lipinski definition) is 3. The fourth-order valence-electron chi connectivity index (χ4n) is 9.15. The van der Waals surface area contributed by atoms with Crippen LogP contribution in [0.5, 0.6) is 11.5 Å². The Morgan fingerprint density at radius 3 is 2.06 bits per heavy atom. The molecule has 0 N–H and O–H groups in total. The van der Waals surface area contributed by atoms with Gasteiger partial charge in [0.05, 0.1) is 0 Å². The second kappa shape index (κ2) is 11.6. The SMILES string of the molecule is Cn1[c](=[Pt])n(-c2cccc(Oc3ccc4c(c3)N(c3cc(C(C)(C)C)ccn3)c3ccc5c(c3C4(C)C)C(C)(C)C(C)(C)C5(C)C)c2)c2ccccc21. The van der Waals surface area contributed by atoms with Crippen LogP contribution in [0.15, 0.2) is 97.2 Å². The third kappa shape index (κ3) is 5.05. The molecule has 6 aromatic rings. The van der Waals surface area contributed by atoms with Gasteiger partial charge in [-0.1, -0.05) is 68.4 Å². The van der Waals surface area contributed by atoms with Crippen LogP contribution in [0.3, 0.4) is 0 Å². The summed E-state index contributed by atoms with van der Waals surface area (Å²) in [5.41, 5.74) is 12.2. The molecule has 0 fully saturated rings. The van der Waals surface area contributed by atoms with Gasteiger partial charge < -0.3 is 0 Å². The summed E-state index contributed by atoms with van der Waals surface area (Å²) < 4.78 is 12.4. The molecule has 0 unspecified atom stereocenters. The molecule has 0 saturated heterocycles. The zero-order valence-corrected chi connectivity index (χ0v) is 35.5. The van der Waals surface area contributed by atoms with E-state index < -0.39 is 0 Å². The number of pyridine rings is 1. The zero-order chi connectivity index (χ0) is 38.0. The number of ether oxygens (including phenoxy) is 1. The molecule has 6 heteroatoms. The summed E-state index contributed by atoms with van der Waals surface area (Å²) >= 11 is 2.41. The summed E-state index contributed by atoms with van der Waals surface area (Å²) in [7, 11) is 2.11. The normalized spacial score (nSPS) is 17.7. The Morgan fingerprint density at radius 2 is 1.34 bits per heavy atom. The van der Waals surface area contributed by atoms with Crippen LogP contribution in [0.4, 0.5) is 17.2 Å². The molecule has 0 radical (unpaired) electrons. The number of hydrogen-bond donors (Lipinski definition) is 0. The van der Waals surface area contributed by atoms with Crippen LogP contribution in [0.1, 0.15) is 104 Å². The first-order chi connectivity index (χ1) is 24.8. The average molecular weight is 884 g/mol. The van der Waals surface area contributed by atoms with Crippen molar-refractivity contribution in [3.63, 3.8) is 0 Å². The molecule has 276 valence electrons. The van der Waals surface area contributed by atoms with Crippen molar-refractivity contribution in [2.45, 2.75) is 97.8 Å². The third-order valence-electron chi connectivity index (χ3n) is 13.4. The zero-order valence-electron chi connectivity index (χ0n) is 33.3. The summed E-state index contributed by atoms with van der Waals surface area (Å²) in [4.78, 5) is 7.48. The molecule has 0 spiro atoms. The first kappa shape index (κ1) is 35.8. The van der Waals surface area contributed by atoms with E-state index in [-0.39, 0.29) is 27.1 Å². The van der Waals surface area contributed by atoms with E-state index in [0.717, 1.165) is 38.0 Å². The van der Waals surface area contributed by atoms with Crippen LogP contribution in [0.25, 0.3) is 16.7 Å². The number of aromatic nitrogens is 3. The minimum absolute atomic E-state index is 0.00110. The van der Waals surface area contributed by atoms with Gasteiger partial charge in [-0.15, -0.1) is 0 Å². The van der Waals surface area contributed by atoms with E-state index in [2.05, 4.69) is 202 Å². The van der Waals surface area contributed by atoms with E-state index in [1.165, 1.54) is 39.0 Å². The van der Waals surface area contributed by atoms with Crippen LogP contribution in [0, 0.1) is 9.22 Å². The van der Waals surface area contributed by atoms with Crippen LogP contribution < -0.4 is 9.64 Å². The van der Waals surface area contributed by atoms with Gasteiger partial charge in [-0.3, -0.25) is 0 Å². The molecule has 0 saturated carbocycles. The number of imidazole rings is 1. The molecule has 4 aromatic carbocycles. The number of anilines is 3. The van der Waals surface area contributed by atoms with Crippen molar-refractivity contribution in [3.05, 3.63) is 129 Å². The van der Waals surface area contributed by atoms with Crippen molar-refractivity contribution in [1.82, 2.24) is 14.1 Å². The molecule has 1 aliphatic heterocycles. The number of aryl methyl sites for hydroxylation is 1. The molecule has 1 aliphatic carbocycles. The van der Waals surface area contributed by atoms with Crippen LogP contribution >= 0.6 is 0 Å². The molecule has 5 nitrogen and oxygen atoms in total. The second-order valence-electron chi connectivity index (χ2n) is 18.3. The number of benzene rings is 4. The Bertz CT molecular complexity index is 2520. The molecule has 2 aromatic heterocycles. The molecule has 0 amide bonds. The van der Waals surface area contributed by atoms with Gasteiger partial charge in [-0.25, -0.2) is 0 Å². The topological polar surface area (TPSA) is 35.2 Å². The molecular formula is C47H52N4OPt. The summed E-state index contributed by atoms with van der Waals surface area (Å²) in [6.07, 6.45) is 1.97. The monoisotopic (exact) mass is 883 g/mol. The fourth-order valence-corrected chi connectivity index (χ4v) is 9.99. The minimum atomic E-state index is -0.276. The van der Waals surface area contributed by atoms with Crippen molar-refractivity contribution >= 4 is 28.2 Å². The van der Waals surface area contributed by atoms with E-state index in [1.54, 1.807) is 0 Å². The van der Waals surface area contributed by atoms with Crippen molar-refractivity contribution in [2.24, 2.45) is 12.5 Å². The third-order valence-corrected chi connectivity index (χ3v) is 14.7. The molecule has 2 aliphatic rings. The van der Waals surface area contributed by atoms with E-state index in [0.29, 0.717) is 0 Å². The average Bonchev–Trinajstić information content (AvgIpc) is 3.41.